The second-order valence-corrected chi connectivity index (χ2v) is 6.81. The second-order valence-electron chi connectivity index (χ2n) is 6.81. The molecule has 24 heavy (non-hydrogen) atoms. The Morgan fingerprint density at radius 3 is 3.00 bits per heavy atom. The molecule has 2 aromatic heterocycles. The molecule has 2 fully saturated rings. The molecule has 6 heteroatoms. The summed E-state index contributed by atoms with van der Waals surface area (Å²) in [6, 6.07) is 6.11. The summed E-state index contributed by atoms with van der Waals surface area (Å²) in [6.07, 6.45) is 9.84. The van der Waals surface area contributed by atoms with Crippen molar-refractivity contribution in [2.24, 2.45) is 0 Å². The van der Waals surface area contributed by atoms with Crippen molar-refractivity contribution in [1.29, 1.82) is 0 Å². The van der Waals surface area contributed by atoms with Crippen molar-refractivity contribution >= 4 is 0 Å². The first-order chi connectivity index (χ1) is 11.8. The number of nitrogens with zero attached hydrogens (tertiary/aromatic N) is 4. The van der Waals surface area contributed by atoms with Gasteiger partial charge in [-0.1, -0.05) is 0 Å². The van der Waals surface area contributed by atoms with Gasteiger partial charge in [-0.05, 0) is 36.6 Å². The molecule has 2 aliphatic heterocycles. The molecule has 4 rings (SSSR count). The predicted octanol–water partition coefficient (Wildman–Crippen LogP) is 1.73. The molecule has 0 aliphatic carbocycles. The lowest BCUT2D eigenvalue weighted by Gasteiger charge is -2.32. The van der Waals surface area contributed by atoms with E-state index in [0.717, 1.165) is 45.6 Å². The van der Waals surface area contributed by atoms with Gasteiger partial charge in [0.05, 0.1) is 25.9 Å². The Bertz CT molecular complexity index is 634. The summed E-state index contributed by atoms with van der Waals surface area (Å²) in [4.78, 5) is 6.54. The zero-order valence-corrected chi connectivity index (χ0v) is 13.9. The molecule has 0 N–H and O–H groups in total. The van der Waals surface area contributed by atoms with Gasteiger partial charge >= 0.3 is 0 Å². The van der Waals surface area contributed by atoms with E-state index in [0.29, 0.717) is 6.61 Å². The number of aromatic nitrogens is 3. The lowest BCUT2D eigenvalue weighted by molar-refractivity contribution is -0.0904. The molecular weight excluding hydrogens is 304 g/mol. The van der Waals surface area contributed by atoms with E-state index < -0.39 is 0 Å². The van der Waals surface area contributed by atoms with Crippen LogP contribution in [0.1, 0.15) is 18.4 Å². The summed E-state index contributed by atoms with van der Waals surface area (Å²) >= 11 is 0. The Morgan fingerprint density at radius 1 is 1.25 bits per heavy atom. The summed E-state index contributed by atoms with van der Waals surface area (Å²) in [5.74, 6) is 0. The van der Waals surface area contributed by atoms with E-state index in [1.165, 1.54) is 5.56 Å². The van der Waals surface area contributed by atoms with E-state index >= 15 is 0 Å². The lowest BCUT2D eigenvalue weighted by atomic mass is 10.00. The summed E-state index contributed by atoms with van der Waals surface area (Å²) in [5.41, 5.74) is 1.11. The number of hydrogen-bond acceptors (Lipinski definition) is 5. The third-order valence-corrected chi connectivity index (χ3v) is 4.87. The molecule has 1 spiro atoms. The van der Waals surface area contributed by atoms with Crippen LogP contribution in [0.4, 0.5) is 0 Å². The minimum Gasteiger partial charge on any atom is -0.377 e. The van der Waals surface area contributed by atoms with Crippen LogP contribution < -0.4 is 0 Å². The van der Waals surface area contributed by atoms with E-state index in [1.54, 1.807) is 0 Å². The third kappa shape index (κ3) is 3.66. The molecule has 0 bridgehead atoms. The van der Waals surface area contributed by atoms with Gasteiger partial charge in [0.2, 0.25) is 0 Å². The number of ether oxygens (including phenoxy) is 2. The van der Waals surface area contributed by atoms with Crippen LogP contribution in [0.5, 0.6) is 0 Å². The van der Waals surface area contributed by atoms with Crippen molar-refractivity contribution in [3.8, 4) is 0 Å². The van der Waals surface area contributed by atoms with Crippen LogP contribution >= 0.6 is 0 Å². The van der Waals surface area contributed by atoms with E-state index in [4.69, 9.17) is 9.47 Å². The zero-order chi connectivity index (χ0) is 16.2. The van der Waals surface area contributed by atoms with Crippen LogP contribution in [0.15, 0.2) is 43.0 Å². The van der Waals surface area contributed by atoms with Gasteiger partial charge in [-0.2, -0.15) is 5.10 Å². The minimum absolute atomic E-state index is 0.179. The molecule has 2 saturated heterocycles. The number of hydrogen-bond donors (Lipinski definition) is 0. The van der Waals surface area contributed by atoms with Gasteiger partial charge < -0.3 is 9.47 Å². The van der Waals surface area contributed by atoms with E-state index in [2.05, 4.69) is 27.1 Å². The van der Waals surface area contributed by atoms with E-state index in [-0.39, 0.29) is 11.7 Å². The van der Waals surface area contributed by atoms with Crippen LogP contribution in [0.25, 0.3) is 0 Å². The van der Waals surface area contributed by atoms with Gasteiger partial charge in [-0.25, -0.2) is 0 Å². The molecular formula is C18H24N4O2. The van der Waals surface area contributed by atoms with Gasteiger partial charge in [-0.15, -0.1) is 0 Å². The summed E-state index contributed by atoms with van der Waals surface area (Å²) < 4.78 is 14.3. The van der Waals surface area contributed by atoms with Crippen LogP contribution in [0.2, 0.25) is 0 Å². The standard InChI is InChI=1S/C18H24N4O2/c1-6-20-22(9-1)13-17-2-5-18(24-17)14-21(10-11-23-15-18)12-16-3-7-19-8-4-16/h1,3-4,6-9,17H,2,5,10-15H2. The largest absolute Gasteiger partial charge is 0.377 e. The van der Waals surface area contributed by atoms with Crippen LogP contribution in [0.3, 0.4) is 0 Å². The van der Waals surface area contributed by atoms with Crippen molar-refractivity contribution in [2.75, 3.05) is 26.3 Å². The van der Waals surface area contributed by atoms with Crippen molar-refractivity contribution in [1.82, 2.24) is 19.7 Å². The Balaban J connectivity index is 1.40. The lowest BCUT2D eigenvalue weighted by Crippen LogP contribution is -2.44. The quantitative estimate of drug-likeness (QED) is 0.855. The first kappa shape index (κ1) is 15.7. The van der Waals surface area contributed by atoms with Crippen LogP contribution in [-0.2, 0) is 22.6 Å². The third-order valence-electron chi connectivity index (χ3n) is 4.87. The maximum Gasteiger partial charge on any atom is 0.105 e. The van der Waals surface area contributed by atoms with Gasteiger partial charge in [-0.3, -0.25) is 14.6 Å². The highest BCUT2D eigenvalue weighted by Gasteiger charge is 2.43. The molecule has 2 atom stereocenters. The monoisotopic (exact) mass is 328 g/mol. The molecule has 0 radical (unpaired) electrons. The Morgan fingerprint density at radius 2 is 2.17 bits per heavy atom. The van der Waals surface area contributed by atoms with Gasteiger partial charge in [0, 0.05) is 44.4 Å². The summed E-state index contributed by atoms with van der Waals surface area (Å²) in [7, 11) is 0. The number of rotatable bonds is 4. The highest BCUT2D eigenvalue weighted by molar-refractivity contribution is 5.10. The Kier molecular flexibility index (Phi) is 4.60. The fraction of sp³-hybridized carbons (Fsp3) is 0.556. The predicted molar refractivity (Wildman–Crippen MR) is 89.4 cm³/mol. The Hall–Kier alpha value is -1.76. The smallest absolute Gasteiger partial charge is 0.105 e. The fourth-order valence-corrected chi connectivity index (χ4v) is 3.73. The van der Waals surface area contributed by atoms with Crippen molar-refractivity contribution < 1.29 is 9.47 Å². The molecule has 2 aliphatic rings. The van der Waals surface area contributed by atoms with Gasteiger partial charge in [0.1, 0.15) is 5.60 Å². The summed E-state index contributed by atoms with van der Waals surface area (Å²) in [6.45, 7) is 5.05. The molecule has 0 saturated carbocycles. The Labute approximate surface area is 142 Å². The van der Waals surface area contributed by atoms with Crippen LogP contribution in [-0.4, -0.2) is 57.7 Å². The molecule has 6 nitrogen and oxygen atoms in total. The van der Waals surface area contributed by atoms with Crippen LogP contribution in [0, 0.1) is 0 Å². The highest BCUT2D eigenvalue weighted by Crippen LogP contribution is 2.34. The first-order valence-electron chi connectivity index (χ1n) is 8.66. The first-order valence-corrected chi connectivity index (χ1v) is 8.66. The molecule has 2 aromatic rings. The second kappa shape index (κ2) is 7.01. The fourth-order valence-electron chi connectivity index (χ4n) is 3.73. The molecule has 4 heterocycles. The maximum atomic E-state index is 6.47. The molecule has 2 unspecified atom stereocenters. The van der Waals surface area contributed by atoms with Crippen molar-refractivity contribution in [3.05, 3.63) is 48.5 Å². The number of pyridine rings is 1. The molecule has 0 aromatic carbocycles. The van der Waals surface area contributed by atoms with Crippen molar-refractivity contribution in [2.45, 2.75) is 37.6 Å². The normalized spacial score (nSPS) is 28.2. The summed E-state index contributed by atoms with van der Waals surface area (Å²) in [5, 5.41) is 4.29. The molecule has 128 valence electrons. The van der Waals surface area contributed by atoms with Gasteiger partial charge in [0.25, 0.3) is 0 Å². The SMILES string of the molecule is c1cnn(CC2CCC3(COCCN(Cc4ccncc4)C3)O2)c1. The molecule has 0 amide bonds. The average molecular weight is 328 g/mol. The zero-order valence-electron chi connectivity index (χ0n) is 13.9. The minimum atomic E-state index is -0.179. The highest BCUT2D eigenvalue weighted by atomic mass is 16.6. The maximum absolute atomic E-state index is 6.47. The average Bonchev–Trinajstić information content (AvgIpc) is 3.19. The topological polar surface area (TPSA) is 52.4 Å². The van der Waals surface area contributed by atoms with E-state index in [9.17, 15) is 0 Å². The van der Waals surface area contributed by atoms with Crippen molar-refractivity contribution in [3.63, 3.8) is 0 Å². The van der Waals surface area contributed by atoms with Gasteiger partial charge in [0.15, 0.2) is 0 Å². The van der Waals surface area contributed by atoms with E-state index in [1.807, 2.05) is 35.5 Å².